The van der Waals surface area contributed by atoms with Gasteiger partial charge in [0.15, 0.2) is 20.5 Å². The second-order valence-electron chi connectivity index (χ2n) is 5.20. The van der Waals surface area contributed by atoms with E-state index < -0.39 is 26.0 Å². The van der Waals surface area contributed by atoms with E-state index in [0.717, 1.165) is 11.8 Å². The lowest BCUT2D eigenvalue weighted by atomic mass is 10.2. The smallest absolute Gasteiger partial charge is 0.275 e. The SMILES string of the molecule is CS(=O)(=O)c1c(O)c2cccnc2n(Cc2ccccc2)c1=O. The van der Waals surface area contributed by atoms with Crippen LogP contribution in [0.5, 0.6) is 5.75 Å². The maximum atomic E-state index is 12.6. The highest BCUT2D eigenvalue weighted by Crippen LogP contribution is 2.28. The molecule has 0 radical (unpaired) electrons. The molecule has 0 aliphatic carbocycles. The molecule has 0 aliphatic rings. The van der Waals surface area contributed by atoms with Crippen LogP contribution in [0.2, 0.25) is 0 Å². The molecule has 0 bridgehead atoms. The van der Waals surface area contributed by atoms with Crippen molar-refractivity contribution in [1.82, 2.24) is 9.55 Å². The highest BCUT2D eigenvalue weighted by atomic mass is 32.2. The van der Waals surface area contributed by atoms with Gasteiger partial charge in [-0.3, -0.25) is 9.36 Å². The molecule has 0 unspecified atom stereocenters. The first-order valence-electron chi connectivity index (χ1n) is 6.84. The van der Waals surface area contributed by atoms with Gasteiger partial charge in [-0.15, -0.1) is 0 Å². The summed E-state index contributed by atoms with van der Waals surface area (Å²) >= 11 is 0. The molecular weight excluding hydrogens is 316 g/mol. The normalized spacial score (nSPS) is 11.7. The zero-order valence-electron chi connectivity index (χ0n) is 12.3. The standard InChI is InChI=1S/C16H14N2O4S/c1-23(21,22)14-13(19)12-8-5-9-17-15(12)18(16(14)20)10-11-6-3-2-4-7-11/h2-9,19H,10H2,1H3. The van der Waals surface area contributed by atoms with Crippen LogP contribution in [0.25, 0.3) is 11.0 Å². The number of rotatable bonds is 3. The maximum absolute atomic E-state index is 12.6. The van der Waals surface area contributed by atoms with Crippen LogP contribution in [-0.2, 0) is 16.4 Å². The number of sulfone groups is 1. The molecule has 0 saturated heterocycles. The molecule has 0 saturated carbocycles. The molecule has 23 heavy (non-hydrogen) atoms. The van der Waals surface area contributed by atoms with Gasteiger partial charge in [0.2, 0.25) is 0 Å². The first-order valence-corrected chi connectivity index (χ1v) is 8.73. The van der Waals surface area contributed by atoms with Crippen LogP contribution in [0, 0.1) is 0 Å². The van der Waals surface area contributed by atoms with Crippen molar-refractivity contribution in [2.24, 2.45) is 0 Å². The summed E-state index contributed by atoms with van der Waals surface area (Å²) in [6, 6.07) is 12.3. The molecule has 3 aromatic rings. The third-order valence-electron chi connectivity index (χ3n) is 3.51. The zero-order chi connectivity index (χ0) is 16.6. The van der Waals surface area contributed by atoms with Gasteiger partial charge in [0.25, 0.3) is 5.56 Å². The average Bonchev–Trinajstić information content (AvgIpc) is 2.51. The molecule has 1 N–H and O–H groups in total. The minimum Gasteiger partial charge on any atom is -0.506 e. The monoisotopic (exact) mass is 330 g/mol. The van der Waals surface area contributed by atoms with Crippen LogP contribution < -0.4 is 5.56 Å². The quantitative estimate of drug-likeness (QED) is 0.787. The number of pyridine rings is 2. The number of benzene rings is 1. The van der Waals surface area contributed by atoms with E-state index in [1.807, 2.05) is 30.3 Å². The minimum absolute atomic E-state index is 0.163. The minimum atomic E-state index is -3.88. The molecule has 0 aliphatic heterocycles. The Morgan fingerprint density at radius 3 is 2.48 bits per heavy atom. The predicted molar refractivity (Wildman–Crippen MR) is 86.3 cm³/mol. The van der Waals surface area contributed by atoms with Crippen LogP contribution in [0.15, 0.2) is 58.4 Å². The number of nitrogens with zero attached hydrogens (tertiary/aromatic N) is 2. The van der Waals surface area contributed by atoms with E-state index in [0.29, 0.717) is 0 Å². The highest BCUT2D eigenvalue weighted by molar-refractivity contribution is 7.90. The molecule has 7 heteroatoms. The molecule has 2 aromatic heterocycles. The number of aromatic nitrogens is 2. The predicted octanol–water partition coefficient (Wildman–Crippen LogP) is 1.55. The molecule has 0 atom stereocenters. The molecule has 118 valence electrons. The first kappa shape index (κ1) is 15.2. The van der Waals surface area contributed by atoms with E-state index in [2.05, 4.69) is 4.98 Å². The lowest BCUT2D eigenvalue weighted by Gasteiger charge is -2.13. The highest BCUT2D eigenvalue weighted by Gasteiger charge is 2.24. The van der Waals surface area contributed by atoms with Crippen molar-refractivity contribution in [3.8, 4) is 5.75 Å². The van der Waals surface area contributed by atoms with Crippen LogP contribution in [-0.4, -0.2) is 29.3 Å². The number of aromatic hydroxyl groups is 1. The van der Waals surface area contributed by atoms with E-state index in [4.69, 9.17) is 0 Å². The molecule has 6 nitrogen and oxygen atoms in total. The van der Waals surface area contributed by atoms with E-state index >= 15 is 0 Å². The number of hydrogen-bond acceptors (Lipinski definition) is 5. The average molecular weight is 330 g/mol. The van der Waals surface area contributed by atoms with Crippen LogP contribution in [0.3, 0.4) is 0 Å². The Hall–Kier alpha value is -2.67. The molecule has 0 amide bonds. The summed E-state index contributed by atoms with van der Waals surface area (Å²) in [6.07, 6.45) is 2.39. The van der Waals surface area contributed by atoms with Gasteiger partial charge in [0, 0.05) is 12.5 Å². The summed E-state index contributed by atoms with van der Waals surface area (Å²) in [4.78, 5) is 16.2. The van der Waals surface area contributed by atoms with Gasteiger partial charge in [0.05, 0.1) is 11.9 Å². The van der Waals surface area contributed by atoms with E-state index in [9.17, 15) is 18.3 Å². The Kier molecular flexibility index (Phi) is 3.65. The molecule has 3 rings (SSSR count). The van der Waals surface area contributed by atoms with E-state index in [-0.39, 0.29) is 17.6 Å². The Labute approximate surface area is 132 Å². The van der Waals surface area contributed by atoms with Crippen LogP contribution in [0.1, 0.15) is 5.56 Å². The fraction of sp³-hybridized carbons (Fsp3) is 0.125. The fourth-order valence-corrected chi connectivity index (χ4v) is 3.37. The van der Waals surface area contributed by atoms with Crippen molar-refractivity contribution < 1.29 is 13.5 Å². The topological polar surface area (TPSA) is 89.3 Å². The van der Waals surface area contributed by atoms with Crippen LogP contribution in [0.4, 0.5) is 0 Å². The maximum Gasteiger partial charge on any atom is 0.275 e. The Balaban J connectivity index is 2.39. The molecule has 2 heterocycles. The Bertz CT molecular complexity index is 1040. The van der Waals surface area contributed by atoms with Gasteiger partial charge in [-0.05, 0) is 17.7 Å². The van der Waals surface area contributed by atoms with Gasteiger partial charge < -0.3 is 5.11 Å². The molecular formula is C16H14N2O4S. The van der Waals surface area contributed by atoms with Gasteiger partial charge in [-0.1, -0.05) is 30.3 Å². The summed E-state index contributed by atoms with van der Waals surface area (Å²) in [6.45, 7) is 0.163. The van der Waals surface area contributed by atoms with Crippen LogP contribution >= 0.6 is 0 Å². The van der Waals surface area contributed by atoms with Gasteiger partial charge in [-0.2, -0.15) is 0 Å². The second kappa shape index (κ2) is 5.51. The summed E-state index contributed by atoms with van der Waals surface area (Å²) < 4.78 is 25.1. The summed E-state index contributed by atoms with van der Waals surface area (Å²) in [5.74, 6) is -0.551. The van der Waals surface area contributed by atoms with Crippen molar-refractivity contribution in [2.45, 2.75) is 11.4 Å². The molecule has 1 aromatic carbocycles. The van der Waals surface area contributed by atoms with Crippen molar-refractivity contribution in [2.75, 3.05) is 6.26 Å². The Morgan fingerprint density at radius 1 is 1.13 bits per heavy atom. The second-order valence-corrected chi connectivity index (χ2v) is 7.15. The first-order chi connectivity index (χ1) is 10.9. The fourth-order valence-electron chi connectivity index (χ4n) is 2.49. The number of fused-ring (bicyclic) bond motifs is 1. The largest absolute Gasteiger partial charge is 0.506 e. The lowest BCUT2D eigenvalue weighted by molar-refractivity contribution is 0.460. The summed E-state index contributed by atoms with van der Waals surface area (Å²) in [5.41, 5.74) is 0.290. The van der Waals surface area contributed by atoms with Gasteiger partial charge >= 0.3 is 0 Å². The van der Waals surface area contributed by atoms with E-state index in [1.54, 1.807) is 6.07 Å². The van der Waals surface area contributed by atoms with E-state index in [1.165, 1.54) is 16.8 Å². The summed E-state index contributed by atoms with van der Waals surface area (Å²) in [5, 5.41) is 10.4. The third kappa shape index (κ3) is 2.70. The van der Waals surface area contributed by atoms with Crippen molar-refractivity contribution in [1.29, 1.82) is 0 Å². The lowest BCUT2D eigenvalue weighted by Crippen LogP contribution is -2.27. The van der Waals surface area contributed by atoms with Crippen molar-refractivity contribution in [3.63, 3.8) is 0 Å². The van der Waals surface area contributed by atoms with Crippen molar-refractivity contribution in [3.05, 3.63) is 64.6 Å². The Morgan fingerprint density at radius 2 is 1.83 bits per heavy atom. The summed E-state index contributed by atoms with van der Waals surface area (Å²) in [7, 11) is -3.88. The molecule has 0 fully saturated rings. The van der Waals surface area contributed by atoms with Gasteiger partial charge in [-0.25, -0.2) is 13.4 Å². The molecule has 0 spiro atoms. The van der Waals surface area contributed by atoms with Gasteiger partial charge in [0.1, 0.15) is 5.65 Å². The van der Waals surface area contributed by atoms with Crippen molar-refractivity contribution >= 4 is 20.9 Å². The third-order valence-corrected chi connectivity index (χ3v) is 4.62. The zero-order valence-corrected chi connectivity index (χ0v) is 13.1. The number of hydrogen-bond donors (Lipinski definition) is 1.